The number of aryl methyl sites for hydroxylation is 1. The largest absolute Gasteiger partial charge is 0.497 e. The van der Waals surface area contributed by atoms with Gasteiger partial charge in [0.15, 0.2) is 5.16 Å². The van der Waals surface area contributed by atoms with Crippen LogP contribution < -0.4 is 4.74 Å². The van der Waals surface area contributed by atoms with Crippen LogP contribution in [0.15, 0.2) is 40.6 Å². The first-order valence-electron chi connectivity index (χ1n) is 5.27. The van der Waals surface area contributed by atoms with Crippen molar-refractivity contribution in [1.82, 2.24) is 9.97 Å². The molecule has 0 spiro atoms. The monoisotopic (exact) mass is 257 g/mol. The smallest absolute Gasteiger partial charge is 0.192 e. The molecule has 0 aliphatic rings. The summed E-state index contributed by atoms with van der Waals surface area (Å²) >= 11 is 1.35. The number of rotatable bonds is 3. The molecule has 0 saturated carbocycles. The number of hydrogen-bond donors (Lipinski definition) is 0. The Morgan fingerprint density at radius 3 is 2.61 bits per heavy atom. The van der Waals surface area contributed by atoms with E-state index in [0.717, 1.165) is 10.5 Å². The van der Waals surface area contributed by atoms with Crippen LogP contribution >= 0.6 is 11.8 Å². The molecule has 0 aliphatic carbocycles. The third kappa shape index (κ3) is 2.79. The highest BCUT2D eigenvalue weighted by molar-refractivity contribution is 7.99. The van der Waals surface area contributed by atoms with Crippen molar-refractivity contribution < 1.29 is 4.74 Å². The summed E-state index contributed by atoms with van der Waals surface area (Å²) in [5.74, 6) is 0.712. The Morgan fingerprint density at radius 1 is 1.28 bits per heavy atom. The van der Waals surface area contributed by atoms with Gasteiger partial charge >= 0.3 is 0 Å². The fraction of sp³-hybridized carbons (Fsp3) is 0.154. The van der Waals surface area contributed by atoms with Crippen LogP contribution in [0, 0.1) is 18.3 Å². The van der Waals surface area contributed by atoms with Crippen molar-refractivity contribution in [3.63, 3.8) is 0 Å². The maximum atomic E-state index is 9.06. The summed E-state index contributed by atoms with van der Waals surface area (Å²) in [6.07, 6.45) is 3.50. The zero-order valence-electron chi connectivity index (χ0n) is 10.0. The van der Waals surface area contributed by atoms with Crippen molar-refractivity contribution >= 4 is 11.8 Å². The minimum Gasteiger partial charge on any atom is -0.497 e. The molecule has 1 aromatic heterocycles. The van der Waals surface area contributed by atoms with Gasteiger partial charge in [-0.25, -0.2) is 9.97 Å². The van der Waals surface area contributed by atoms with Gasteiger partial charge in [-0.05, 0) is 42.4 Å². The first-order valence-corrected chi connectivity index (χ1v) is 6.09. The molecule has 18 heavy (non-hydrogen) atoms. The second-order valence-electron chi connectivity index (χ2n) is 3.62. The van der Waals surface area contributed by atoms with E-state index in [0.29, 0.717) is 16.5 Å². The molecular weight excluding hydrogens is 246 g/mol. The maximum absolute atomic E-state index is 9.06. The lowest BCUT2D eigenvalue weighted by molar-refractivity contribution is 0.413. The van der Waals surface area contributed by atoms with Crippen LogP contribution in [0.25, 0.3) is 0 Å². The van der Waals surface area contributed by atoms with E-state index in [9.17, 15) is 0 Å². The molecule has 1 heterocycles. The van der Waals surface area contributed by atoms with E-state index in [1.165, 1.54) is 11.8 Å². The van der Waals surface area contributed by atoms with E-state index in [4.69, 9.17) is 10.00 Å². The Labute approximate surface area is 110 Å². The average molecular weight is 257 g/mol. The Hall–Kier alpha value is -2.06. The number of benzene rings is 1. The molecule has 5 heteroatoms. The van der Waals surface area contributed by atoms with Gasteiger partial charge in [0.25, 0.3) is 0 Å². The lowest BCUT2D eigenvalue weighted by Gasteiger charge is -2.05. The van der Waals surface area contributed by atoms with Crippen molar-refractivity contribution in [1.29, 1.82) is 5.26 Å². The summed E-state index contributed by atoms with van der Waals surface area (Å²) in [4.78, 5) is 9.20. The van der Waals surface area contributed by atoms with E-state index < -0.39 is 0 Å². The van der Waals surface area contributed by atoms with Gasteiger partial charge in [0.05, 0.1) is 12.7 Å². The van der Waals surface area contributed by atoms with Crippen LogP contribution in [0.5, 0.6) is 5.75 Å². The lowest BCUT2D eigenvalue weighted by Crippen LogP contribution is -1.90. The molecule has 1 aromatic carbocycles. The predicted molar refractivity (Wildman–Crippen MR) is 68.6 cm³/mol. The summed E-state index contributed by atoms with van der Waals surface area (Å²) < 4.78 is 5.15. The highest BCUT2D eigenvalue weighted by atomic mass is 32.2. The van der Waals surface area contributed by atoms with Crippen LogP contribution in [0.4, 0.5) is 0 Å². The molecule has 4 nitrogen and oxygen atoms in total. The predicted octanol–water partition coefficient (Wildman–Crippen LogP) is 2.82. The lowest BCUT2D eigenvalue weighted by atomic mass is 10.2. The van der Waals surface area contributed by atoms with E-state index in [1.54, 1.807) is 31.6 Å². The Kier molecular flexibility index (Phi) is 3.80. The Bertz CT molecular complexity index is 590. The zero-order valence-corrected chi connectivity index (χ0v) is 10.9. The first kappa shape index (κ1) is 12.4. The molecule has 90 valence electrons. The highest BCUT2D eigenvalue weighted by Crippen LogP contribution is 2.30. The minimum absolute atomic E-state index is 0.588. The molecule has 0 bridgehead atoms. The third-order valence-corrected chi connectivity index (χ3v) is 3.22. The highest BCUT2D eigenvalue weighted by Gasteiger charge is 2.07. The summed E-state index contributed by atoms with van der Waals surface area (Å²) in [6, 6.07) is 7.45. The fourth-order valence-corrected chi connectivity index (χ4v) is 2.14. The van der Waals surface area contributed by atoms with Gasteiger partial charge in [0.2, 0.25) is 0 Å². The van der Waals surface area contributed by atoms with E-state index in [-0.39, 0.29) is 0 Å². The van der Waals surface area contributed by atoms with Crippen LogP contribution in [-0.4, -0.2) is 17.1 Å². The van der Waals surface area contributed by atoms with E-state index in [2.05, 4.69) is 16.0 Å². The second kappa shape index (κ2) is 5.52. The average Bonchev–Trinajstić information content (AvgIpc) is 2.41. The van der Waals surface area contributed by atoms with E-state index in [1.807, 2.05) is 13.0 Å². The number of hydrogen-bond acceptors (Lipinski definition) is 5. The Balaban J connectivity index is 2.32. The van der Waals surface area contributed by atoms with Crippen LogP contribution in [-0.2, 0) is 0 Å². The normalized spacial score (nSPS) is 9.83. The quantitative estimate of drug-likeness (QED) is 0.791. The van der Waals surface area contributed by atoms with Gasteiger partial charge in [-0.1, -0.05) is 0 Å². The van der Waals surface area contributed by atoms with Gasteiger partial charge in [-0.3, -0.25) is 0 Å². The van der Waals surface area contributed by atoms with Gasteiger partial charge in [-0.2, -0.15) is 5.26 Å². The van der Waals surface area contributed by atoms with Crippen molar-refractivity contribution in [2.24, 2.45) is 0 Å². The molecule has 0 unspecified atom stereocenters. The summed E-state index contributed by atoms with van der Waals surface area (Å²) in [5, 5.41) is 9.68. The van der Waals surface area contributed by atoms with Crippen LogP contribution in [0.1, 0.15) is 11.1 Å². The first-order chi connectivity index (χ1) is 8.72. The van der Waals surface area contributed by atoms with Crippen LogP contribution in [0.2, 0.25) is 0 Å². The third-order valence-electron chi connectivity index (χ3n) is 2.27. The molecule has 0 aliphatic heterocycles. The molecular formula is C13H11N3OS. The summed E-state index contributed by atoms with van der Waals surface area (Å²) in [5.41, 5.74) is 1.59. The molecule has 0 fully saturated rings. The number of methoxy groups -OCH3 is 1. The molecule has 2 aromatic rings. The Morgan fingerprint density at radius 2 is 2.00 bits per heavy atom. The van der Waals surface area contributed by atoms with Gasteiger partial charge in [0.1, 0.15) is 11.8 Å². The molecule has 0 radical (unpaired) electrons. The minimum atomic E-state index is 0.588. The zero-order chi connectivity index (χ0) is 13.0. The van der Waals surface area contributed by atoms with Gasteiger partial charge in [-0.15, -0.1) is 0 Å². The van der Waals surface area contributed by atoms with Gasteiger partial charge in [0, 0.05) is 17.3 Å². The van der Waals surface area contributed by atoms with Crippen molar-refractivity contribution in [3.05, 3.63) is 41.7 Å². The topological polar surface area (TPSA) is 58.8 Å². The fourth-order valence-electron chi connectivity index (χ4n) is 1.34. The van der Waals surface area contributed by atoms with Gasteiger partial charge < -0.3 is 4.74 Å². The number of aromatic nitrogens is 2. The molecule has 0 N–H and O–H groups in total. The van der Waals surface area contributed by atoms with Crippen molar-refractivity contribution in [2.45, 2.75) is 17.0 Å². The molecule has 0 saturated heterocycles. The number of nitrogens with zero attached hydrogens (tertiary/aromatic N) is 3. The molecule has 2 rings (SSSR count). The van der Waals surface area contributed by atoms with Crippen LogP contribution in [0.3, 0.4) is 0 Å². The van der Waals surface area contributed by atoms with Crippen molar-refractivity contribution in [2.75, 3.05) is 7.11 Å². The number of nitriles is 1. The summed E-state index contributed by atoms with van der Waals surface area (Å²) in [7, 11) is 1.60. The van der Waals surface area contributed by atoms with E-state index >= 15 is 0 Å². The molecule has 0 atom stereocenters. The number of ether oxygens (including phenoxy) is 1. The SMILES string of the molecule is COc1ccc(C#N)c(Sc2ncc(C)cn2)c1. The standard InChI is InChI=1S/C13H11N3OS/c1-9-7-15-13(16-8-9)18-12-5-11(17-2)4-3-10(12)6-14/h3-5,7-8H,1-2H3. The summed E-state index contributed by atoms with van der Waals surface area (Å²) in [6.45, 7) is 1.93. The molecule has 0 amide bonds. The maximum Gasteiger partial charge on any atom is 0.192 e. The second-order valence-corrected chi connectivity index (χ2v) is 4.63. The van der Waals surface area contributed by atoms with Crippen molar-refractivity contribution in [3.8, 4) is 11.8 Å².